The van der Waals surface area contributed by atoms with Crippen LogP contribution in [0.3, 0.4) is 0 Å². The van der Waals surface area contributed by atoms with Crippen molar-refractivity contribution in [1.29, 1.82) is 0 Å². The number of anilines is 1. The van der Waals surface area contributed by atoms with Crippen molar-refractivity contribution in [2.24, 2.45) is 0 Å². The molecule has 1 fully saturated rings. The van der Waals surface area contributed by atoms with E-state index in [0.29, 0.717) is 12.3 Å². The predicted molar refractivity (Wildman–Crippen MR) is 84.2 cm³/mol. The van der Waals surface area contributed by atoms with Gasteiger partial charge in [0, 0.05) is 30.9 Å². The molecule has 0 spiro atoms. The molecule has 23 heavy (non-hydrogen) atoms. The molecule has 4 heterocycles. The fourth-order valence-corrected chi connectivity index (χ4v) is 3.35. The van der Waals surface area contributed by atoms with Crippen LogP contribution in [0.2, 0.25) is 0 Å². The number of aromatic nitrogens is 5. The van der Waals surface area contributed by atoms with Gasteiger partial charge in [-0.25, -0.2) is 0 Å². The zero-order valence-corrected chi connectivity index (χ0v) is 13.4. The zero-order chi connectivity index (χ0) is 15.6. The minimum Gasteiger partial charge on any atom is -0.370 e. The van der Waals surface area contributed by atoms with Crippen molar-refractivity contribution in [1.82, 2.24) is 25.1 Å². The molecule has 4 rings (SSSR count). The topological polar surface area (TPSA) is 82.1 Å². The average molecular weight is 332 g/mol. The van der Waals surface area contributed by atoms with Gasteiger partial charge in [0.15, 0.2) is 5.01 Å². The maximum Gasteiger partial charge on any atom is 0.208 e. The Balaban J connectivity index is 1.51. The summed E-state index contributed by atoms with van der Waals surface area (Å²) in [7, 11) is 0. The van der Waals surface area contributed by atoms with E-state index in [4.69, 9.17) is 9.26 Å². The highest BCUT2D eigenvalue weighted by Crippen LogP contribution is 2.31. The summed E-state index contributed by atoms with van der Waals surface area (Å²) in [6.07, 6.45) is 5.45. The monoisotopic (exact) mass is 332 g/mol. The normalized spacial score (nSPS) is 18.5. The van der Waals surface area contributed by atoms with Crippen molar-refractivity contribution in [3.8, 4) is 10.7 Å². The van der Waals surface area contributed by atoms with E-state index < -0.39 is 0 Å². The fraction of sp³-hybridized carbons (Fsp3) is 0.429. The average Bonchev–Trinajstić information content (AvgIpc) is 3.35. The van der Waals surface area contributed by atoms with Crippen LogP contribution in [0.1, 0.15) is 18.6 Å². The van der Waals surface area contributed by atoms with Gasteiger partial charge in [0.05, 0.1) is 19.3 Å². The van der Waals surface area contributed by atoms with Crippen LogP contribution in [-0.4, -0.2) is 44.8 Å². The number of rotatable bonds is 4. The summed E-state index contributed by atoms with van der Waals surface area (Å²) in [4.78, 5) is 2.19. The van der Waals surface area contributed by atoms with Crippen LogP contribution in [-0.2, 0) is 11.3 Å². The molecule has 120 valence electrons. The van der Waals surface area contributed by atoms with Crippen molar-refractivity contribution in [2.75, 3.05) is 24.6 Å². The van der Waals surface area contributed by atoms with Crippen molar-refractivity contribution >= 4 is 16.5 Å². The Bertz CT molecular complexity index is 768. The molecule has 0 aromatic carbocycles. The first-order valence-corrected chi connectivity index (χ1v) is 8.28. The van der Waals surface area contributed by atoms with E-state index in [-0.39, 0.29) is 6.10 Å². The van der Waals surface area contributed by atoms with E-state index in [1.807, 2.05) is 17.1 Å². The lowest BCUT2D eigenvalue weighted by molar-refractivity contribution is 0.0397. The molecule has 0 radical (unpaired) electrons. The van der Waals surface area contributed by atoms with Gasteiger partial charge in [-0.05, 0) is 6.92 Å². The number of morpholine rings is 1. The van der Waals surface area contributed by atoms with Crippen LogP contribution in [0.5, 0.6) is 0 Å². The minimum atomic E-state index is 0.00319. The smallest absolute Gasteiger partial charge is 0.208 e. The maximum atomic E-state index is 5.89. The van der Waals surface area contributed by atoms with Gasteiger partial charge in [-0.15, -0.1) is 10.2 Å². The van der Waals surface area contributed by atoms with Gasteiger partial charge in [0.2, 0.25) is 5.13 Å². The van der Waals surface area contributed by atoms with Crippen molar-refractivity contribution in [3.05, 3.63) is 30.3 Å². The minimum absolute atomic E-state index is 0.00319. The second kappa shape index (κ2) is 6.09. The van der Waals surface area contributed by atoms with E-state index in [9.17, 15) is 0 Å². The van der Waals surface area contributed by atoms with E-state index in [1.54, 1.807) is 6.07 Å². The Morgan fingerprint density at radius 1 is 1.39 bits per heavy atom. The molecular formula is C14H16N6O2S. The Kier molecular flexibility index (Phi) is 3.80. The first-order chi connectivity index (χ1) is 11.3. The van der Waals surface area contributed by atoms with Crippen molar-refractivity contribution in [2.45, 2.75) is 19.6 Å². The van der Waals surface area contributed by atoms with E-state index in [1.165, 1.54) is 17.6 Å². The van der Waals surface area contributed by atoms with Gasteiger partial charge < -0.3 is 14.2 Å². The fourth-order valence-electron chi connectivity index (χ4n) is 2.51. The predicted octanol–water partition coefficient (Wildman–Crippen LogP) is 1.99. The summed E-state index contributed by atoms with van der Waals surface area (Å²) < 4.78 is 12.7. The van der Waals surface area contributed by atoms with Gasteiger partial charge in [-0.3, -0.25) is 4.68 Å². The molecule has 1 saturated heterocycles. The molecule has 0 unspecified atom stereocenters. The lowest BCUT2D eigenvalue weighted by atomic mass is 10.2. The number of ether oxygens (including phenoxy) is 1. The Labute approximate surface area is 136 Å². The largest absolute Gasteiger partial charge is 0.370 e. The van der Waals surface area contributed by atoms with Crippen LogP contribution < -0.4 is 4.90 Å². The number of hydrogen-bond acceptors (Lipinski definition) is 8. The second-order valence-electron chi connectivity index (χ2n) is 5.21. The summed E-state index contributed by atoms with van der Waals surface area (Å²) in [6.45, 7) is 5.11. The summed E-state index contributed by atoms with van der Waals surface area (Å²) >= 11 is 1.51. The van der Waals surface area contributed by atoms with Crippen LogP contribution >= 0.6 is 11.3 Å². The summed E-state index contributed by atoms with van der Waals surface area (Å²) in [5, 5.41) is 18.3. The molecule has 8 nitrogen and oxygen atoms in total. The lowest BCUT2D eigenvalue weighted by Gasteiger charge is -2.31. The molecular weight excluding hydrogens is 316 g/mol. The Morgan fingerprint density at radius 3 is 3.13 bits per heavy atom. The molecule has 1 aliphatic heterocycles. The lowest BCUT2D eigenvalue weighted by Crippen LogP contribution is -2.38. The first-order valence-electron chi connectivity index (χ1n) is 7.46. The third kappa shape index (κ3) is 2.84. The molecule has 0 amide bonds. The van der Waals surface area contributed by atoms with Crippen molar-refractivity contribution in [3.63, 3.8) is 0 Å². The molecule has 0 N–H and O–H groups in total. The number of aryl methyl sites for hydroxylation is 1. The van der Waals surface area contributed by atoms with Crippen LogP contribution in [0.15, 0.2) is 29.2 Å². The summed E-state index contributed by atoms with van der Waals surface area (Å²) in [5.74, 6) is 0. The maximum absolute atomic E-state index is 5.89. The molecule has 0 bridgehead atoms. The third-order valence-electron chi connectivity index (χ3n) is 3.76. The van der Waals surface area contributed by atoms with Gasteiger partial charge in [0.25, 0.3) is 0 Å². The molecule has 1 atom stereocenters. The van der Waals surface area contributed by atoms with Crippen LogP contribution in [0.4, 0.5) is 5.13 Å². The first kappa shape index (κ1) is 14.3. The number of nitrogens with zero attached hydrogens (tertiary/aromatic N) is 6. The highest BCUT2D eigenvalue weighted by molar-refractivity contribution is 7.18. The van der Waals surface area contributed by atoms with Crippen LogP contribution in [0.25, 0.3) is 10.7 Å². The molecule has 1 aliphatic rings. The quantitative estimate of drug-likeness (QED) is 0.722. The molecule has 0 aliphatic carbocycles. The van der Waals surface area contributed by atoms with Gasteiger partial charge in [-0.2, -0.15) is 5.10 Å². The Morgan fingerprint density at radius 2 is 2.35 bits per heavy atom. The van der Waals surface area contributed by atoms with E-state index in [2.05, 4.69) is 32.3 Å². The van der Waals surface area contributed by atoms with Crippen LogP contribution in [0, 0.1) is 0 Å². The summed E-state index contributed by atoms with van der Waals surface area (Å²) in [6, 6.07) is 1.78. The molecule has 0 saturated carbocycles. The molecule has 3 aromatic rings. The van der Waals surface area contributed by atoms with E-state index in [0.717, 1.165) is 35.3 Å². The van der Waals surface area contributed by atoms with Gasteiger partial charge in [0.1, 0.15) is 18.1 Å². The molecule has 3 aromatic heterocycles. The Hall–Kier alpha value is -2.26. The SMILES string of the molecule is CCn1cc([C@@H]2CN(c3nnc(-c4ccon4)s3)CCO2)cn1. The summed E-state index contributed by atoms with van der Waals surface area (Å²) in [5.41, 5.74) is 1.81. The van der Waals surface area contributed by atoms with E-state index >= 15 is 0 Å². The highest BCUT2D eigenvalue weighted by atomic mass is 32.1. The van der Waals surface area contributed by atoms with Gasteiger partial charge in [-0.1, -0.05) is 16.5 Å². The standard InChI is InChI=1S/C14H16N6O2S/c1-2-20-8-10(7-15-20)12-9-19(4-6-21-12)14-17-16-13(23-14)11-3-5-22-18-11/h3,5,7-8,12H,2,4,6,9H2,1H3/t12-/m0/s1. The highest BCUT2D eigenvalue weighted by Gasteiger charge is 2.25. The number of hydrogen-bond donors (Lipinski definition) is 0. The zero-order valence-electron chi connectivity index (χ0n) is 12.6. The van der Waals surface area contributed by atoms with Crippen molar-refractivity contribution < 1.29 is 9.26 Å². The second-order valence-corrected chi connectivity index (χ2v) is 6.17. The molecule has 9 heteroatoms. The van der Waals surface area contributed by atoms with Gasteiger partial charge >= 0.3 is 0 Å². The third-order valence-corrected chi connectivity index (χ3v) is 4.76.